The number of phenolic OH excluding ortho intramolecular Hbond substituents is 1. The van der Waals surface area contributed by atoms with Crippen LogP contribution in [0.2, 0.25) is 0 Å². The number of rotatable bonds is 4. The quantitative estimate of drug-likeness (QED) is 0.848. The zero-order valence-corrected chi connectivity index (χ0v) is 12.7. The molecule has 0 aromatic heterocycles. The molecular formula is C15H22N2O4. The fraction of sp³-hybridized carbons (Fsp3) is 0.533. The first-order chi connectivity index (χ1) is 9.84. The van der Waals surface area contributed by atoms with Gasteiger partial charge in [0.15, 0.2) is 11.5 Å². The van der Waals surface area contributed by atoms with Gasteiger partial charge in [0.1, 0.15) is 0 Å². The third-order valence-electron chi connectivity index (χ3n) is 3.66. The third kappa shape index (κ3) is 3.46. The van der Waals surface area contributed by atoms with Gasteiger partial charge in [-0.05, 0) is 38.7 Å². The Morgan fingerprint density at radius 3 is 2.76 bits per heavy atom. The van der Waals surface area contributed by atoms with Crippen molar-refractivity contribution >= 4 is 5.91 Å². The van der Waals surface area contributed by atoms with Crippen molar-refractivity contribution in [1.29, 1.82) is 0 Å². The van der Waals surface area contributed by atoms with Gasteiger partial charge in [-0.1, -0.05) is 0 Å². The lowest BCUT2D eigenvalue weighted by Crippen LogP contribution is -2.43. The second kappa shape index (κ2) is 5.91. The van der Waals surface area contributed by atoms with E-state index in [9.17, 15) is 15.0 Å². The summed E-state index contributed by atoms with van der Waals surface area (Å²) in [6.45, 7) is 1.33. The molecule has 1 atom stereocenters. The molecule has 1 aliphatic rings. The summed E-state index contributed by atoms with van der Waals surface area (Å²) in [4.78, 5) is 15.9. The highest BCUT2D eigenvalue weighted by molar-refractivity contribution is 5.95. The molecule has 0 spiro atoms. The van der Waals surface area contributed by atoms with Crippen molar-refractivity contribution in [2.75, 3.05) is 40.8 Å². The molecule has 1 amide bonds. The van der Waals surface area contributed by atoms with Crippen LogP contribution in [0, 0.1) is 0 Å². The van der Waals surface area contributed by atoms with E-state index in [1.54, 1.807) is 17.0 Å². The number of benzene rings is 1. The minimum atomic E-state index is -0.867. The maximum Gasteiger partial charge on any atom is 0.254 e. The van der Waals surface area contributed by atoms with Crippen LogP contribution in [0.15, 0.2) is 18.2 Å². The lowest BCUT2D eigenvalue weighted by molar-refractivity contribution is 0.0236. The molecular weight excluding hydrogens is 272 g/mol. The molecule has 6 heteroatoms. The summed E-state index contributed by atoms with van der Waals surface area (Å²) in [5.74, 6) is 0.0748. The van der Waals surface area contributed by atoms with E-state index in [4.69, 9.17) is 4.74 Å². The first-order valence-corrected chi connectivity index (χ1v) is 6.88. The van der Waals surface area contributed by atoms with Crippen molar-refractivity contribution in [2.45, 2.75) is 12.0 Å². The standard InChI is InChI=1S/C15H22N2O4/c1-16(2)9-15(20)6-7-17(10-15)14(19)11-4-5-13(21-3)12(18)8-11/h4-5,8,18,20H,6-7,9-10H2,1-3H3/t15-/m0/s1. The van der Waals surface area contributed by atoms with E-state index in [0.717, 1.165) is 0 Å². The maximum atomic E-state index is 12.4. The number of methoxy groups -OCH3 is 1. The van der Waals surface area contributed by atoms with Crippen LogP contribution in [0.5, 0.6) is 11.5 Å². The number of likely N-dealkylation sites (N-methyl/N-ethyl adjacent to an activating group) is 1. The van der Waals surface area contributed by atoms with Gasteiger partial charge in [-0.15, -0.1) is 0 Å². The Kier molecular flexibility index (Phi) is 4.39. The average Bonchev–Trinajstić information content (AvgIpc) is 2.79. The molecule has 0 unspecified atom stereocenters. The average molecular weight is 294 g/mol. The summed E-state index contributed by atoms with van der Waals surface area (Å²) in [5, 5.41) is 20.2. The SMILES string of the molecule is COc1ccc(C(=O)N2CC[C@](O)(CN(C)C)C2)cc1O. The molecule has 0 saturated carbocycles. The number of hydrogen-bond acceptors (Lipinski definition) is 5. The Bertz CT molecular complexity index is 532. The number of ether oxygens (including phenoxy) is 1. The molecule has 2 N–H and O–H groups in total. The summed E-state index contributed by atoms with van der Waals surface area (Å²) in [6, 6.07) is 4.57. The van der Waals surface area contributed by atoms with Crippen molar-refractivity contribution in [3.05, 3.63) is 23.8 Å². The number of carbonyl (C=O) groups excluding carboxylic acids is 1. The summed E-state index contributed by atoms with van der Waals surface area (Å²) in [6.07, 6.45) is 0.555. The molecule has 6 nitrogen and oxygen atoms in total. The zero-order chi connectivity index (χ0) is 15.6. The molecule has 116 valence electrons. The van der Waals surface area contributed by atoms with Crippen LogP contribution in [0.3, 0.4) is 0 Å². The molecule has 1 aliphatic heterocycles. The summed E-state index contributed by atoms with van der Waals surface area (Å²) in [5.41, 5.74) is -0.476. The van der Waals surface area contributed by atoms with Gasteiger partial charge >= 0.3 is 0 Å². The van der Waals surface area contributed by atoms with Gasteiger partial charge < -0.3 is 24.7 Å². The molecule has 1 fully saturated rings. The van der Waals surface area contributed by atoms with Gasteiger partial charge in [-0.25, -0.2) is 0 Å². The van der Waals surface area contributed by atoms with Crippen LogP contribution in [-0.2, 0) is 0 Å². The van der Waals surface area contributed by atoms with E-state index in [0.29, 0.717) is 37.4 Å². The number of aromatic hydroxyl groups is 1. The minimum Gasteiger partial charge on any atom is -0.504 e. The van der Waals surface area contributed by atoms with Gasteiger partial charge in [0, 0.05) is 18.7 Å². The monoisotopic (exact) mass is 294 g/mol. The molecule has 2 rings (SSSR count). The first-order valence-electron chi connectivity index (χ1n) is 6.88. The molecule has 1 heterocycles. The summed E-state index contributed by atoms with van der Waals surface area (Å²) >= 11 is 0. The second-order valence-corrected chi connectivity index (χ2v) is 5.83. The summed E-state index contributed by atoms with van der Waals surface area (Å²) in [7, 11) is 5.24. The van der Waals surface area contributed by atoms with Crippen molar-refractivity contribution in [2.24, 2.45) is 0 Å². The zero-order valence-electron chi connectivity index (χ0n) is 12.7. The molecule has 1 aromatic rings. The molecule has 1 aromatic carbocycles. The van der Waals surface area contributed by atoms with Crippen molar-refractivity contribution in [1.82, 2.24) is 9.80 Å². The largest absolute Gasteiger partial charge is 0.504 e. The minimum absolute atomic E-state index is 0.0638. The molecule has 1 saturated heterocycles. The Morgan fingerprint density at radius 2 is 2.19 bits per heavy atom. The number of β-amino-alcohol motifs (C(OH)–C–C–N with tert-alkyl or cyclic N) is 1. The predicted molar refractivity (Wildman–Crippen MR) is 78.7 cm³/mol. The lowest BCUT2D eigenvalue weighted by Gasteiger charge is -2.26. The van der Waals surface area contributed by atoms with E-state index in [-0.39, 0.29) is 11.7 Å². The summed E-state index contributed by atoms with van der Waals surface area (Å²) < 4.78 is 4.96. The molecule has 0 radical (unpaired) electrons. The number of carbonyl (C=O) groups is 1. The maximum absolute atomic E-state index is 12.4. The van der Waals surface area contributed by atoms with Gasteiger partial charge in [0.25, 0.3) is 5.91 Å². The Balaban J connectivity index is 2.09. The predicted octanol–water partition coefficient (Wildman–Crippen LogP) is 0.539. The van der Waals surface area contributed by atoms with Crippen LogP contribution < -0.4 is 4.74 Å². The van der Waals surface area contributed by atoms with Crippen LogP contribution in [0.1, 0.15) is 16.8 Å². The molecule has 21 heavy (non-hydrogen) atoms. The van der Waals surface area contributed by atoms with Crippen LogP contribution in [-0.4, -0.2) is 72.4 Å². The first kappa shape index (κ1) is 15.6. The fourth-order valence-corrected chi connectivity index (χ4v) is 2.75. The number of hydrogen-bond donors (Lipinski definition) is 2. The number of phenols is 1. The number of aliphatic hydroxyl groups is 1. The van der Waals surface area contributed by atoms with E-state index in [1.807, 2.05) is 19.0 Å². The third-order valence-corrected chi connectivity index (χ3v) is 3.66. The van der Waals surface area contributed by atoms with Crippen LogP contribution in [0.25, 0.3) is 0 Å². The number of nitrogens with zero attached hydrogens (tertiary/aromatic N) is 2. The van der Waals surface area contributed by atoms with Gasteiger partial charge in [0.05, 0.1) is 19.3 Å². The second-order valence-electron chi connectivity index (χ2n) is 5.83. The van der Waals surface area contributed by atoms with Crippen LogP contribution >= 0.6 is 0 Å². The molecule has 0 aliphatic carbocycles. The lowest BCUT2D eigenvalue weighted by atomic mass is 10.0. The molecule has 0 bridgehead atoms. The van der Waals surface area contributed by atoms with Crippen LogP contribution in [0.4, 0.5) is 0 Å². The van der Waals surface area contributed by atoms with E-state index in [2.05, 4.69) is 0 Å². The van der Waals surface area contributed by atoms with Crippen molar-refractivity contribution in [3.63, 3.8) is 0 Å². The Labute approximate surface area is 124 Å². The van der Waals surface area contributed by atoms with Crippen molar-refractivity contribution < 1.29 is 19.7 Å². The Hall–Kier alpha value is -1.79. The number of likely N-dealkylation sites (tertiary alicyclic amines) is 1. The van der Waals surface area contributed by atoms with E-state index < -0.39 is 5.60 Å². The topological polar surface area (TPSA) is 73.2 Å². The van der Waals surface area contributed by atoms with Gasteiger partial charge in [-0.2, -0.15) is 0 Å². The number of amides is 1. The Morgan fingerprint density at radius 1 is 1.48 bits per heavy atom. The fourth-order valence-electron chi connectivity index (χ4n) is 2.75. The normalized spacial score (nSPS) is 21.9. The van der Waals surface area contributed by atoms with Gasteiger partial charge in [0.2, 0.25) is 0 Å². The van der Waals surface area contributed by atoms with E-state index >= 15 is 0 Å². The smallest absolute Gasteiger partial charge is 0.254 e. The van der Waals surface area contributed by atoms with Crippen molar-refractivity contribution in [3.8, 4) is 11.5 Å². The highest BCUT2D eigenvalue weighted by atomic mass is 16.5. The highest BCUT2D eigenvalue weighted by Gasteiger charge is 2.38. The van der Waals surface area contributed by atoms with Gasteiger partial charge in [-0.3, -0.25) is 4.79 Å². The van der Waals surface area contributed by atoms with E-state index in [1.165, 1.54) is 13.2 Å². The highest BCUT2D eigenvalue weighted by Crippen LogP contribution is 2.28.